The Morgan fingerprint density at radius 1 is 1.03 bits per heavy atom. The molecule has 2 aromatic carbocycles. The van der Waals surface area contributed by atoms with Crippen LogP contribution in [0.15, 0.2) is 42.0 Å². The molecule has 1 amide bonds. The zero-order chi connectivity index (χ0) is 24.3. The van der Waals surface area contributed by atoms with Gasteiger partial charge in [-0.2, -0.15) is 0 Å². The third-order valence-corrected chi connectivity index (χ3v) is 5.70. The predicted octanol–water partition coefficient (Wildman–Crippen LogP) is 3.35. The largest absolute Gasteiger partial charge is 0.507 e. The number of likely N-dealkylation sites (tertiary alicyclic amines) is 1. The van der Waals surface area contributed by atoms with Crippen LogP contribution in [0.2, 0.25) is 5.02 Å². The molecule has 1 atom stereocenters. The van der Waals surface area contributed by atoms with Gasteiger partial charge in [-0.05, 0) is 56.1 Å². The van der Waals surface area contributed by atoms with Gasteiger partial charge in [-0.3, -0.25) is 9.59 Å². The van der Waals surface area contributed by atoms with Crippen molar-refractivity contribution in [1.82, 2.24) is 9.80 Å². The highest BCUT2D eigenvalue weighted by Gasteiger charge is 2.46. The van der Waals surface area contributed by atoms with Gasteiger partial charge < -0.3 is 29.1 Å². The van der Waals surface area contributed by atoms with Crippen molar-refractivity contribution in [3.63, 3.8) is 0 Å². The zero-order valence-electron chi connectivity index (χ0n) is 19.2. The molecule has 0 radical (unpaired) electrons. The highest BCUT2D eigenvalue weighted by molar-refractivity contribution is 6.46. The number of aliphatic hydroxyl groups excluding tert-OH is 1. The summed E-state index contributed by atoms with van der Waals surface area (Å²) < 4.78 is 16.3. The minimum Gasteiger partial charge on any atom is -0.507 e. The second-order valence-corrected chi connectivity index (χ2v) is 8.20. The first-order chi connectivity index (χ1) is 15.7. The number of methoxy groups -OCH3 is 3. The summed E-state index contributed by atoms with van der Waals surface area (Å²) in [6.07, 6.45) is 0. The number of carbonyl (C=O) groups excluding carboxylic acids is 2. The highest BCUT2D eigenvalue weighted by Crippen LogP contribution is 2.45. The van der Waals surface area contributed by atoms with Gasteiger partial charge in [0.15, 0.2) is 11.5 Å². The lowest BCUT2D eigenvalue weighted by molar-refractivity contribution is -0.140. The lowest BCUT2D eigenvalue weighted by Gasteiger charge is -2.27. The van der Waals surface area contributed by atoms with Gasteiger partial charge in [-0.1, -0.05) is 11.6 Å². The third kappa shape index (κ3) is 4.77. The minimum absolute atomic E-state index is 0.0182. The Kier molecular flexibility index (Phi) is 7.50. The molecule has 1 fully saturated rings. The summed E-state index contributed by atoms with van der Waals surface area (Å²) in [5.74, 6) is -0.609. The molecule has 3 rings (SSSR count). The predicted molar refractivity (Wildman–Crippen MR) is 125 cm³/mol. The van der Waals surface area contributed by atoms with Crippen LogP contribution in [0.25, 0.3) is 5.76 Å². The van der Waals surface area contributed by atoms with E-state index in [0.717, 1.165) is 0 Å². The molecule has 0 bridgehead atoms. The number of aliphatic hydroxyl groups is 1. The molecular weight excluding hydrogens is 448 g/mol. The summed E-state index contributed by atoms with van der Waals surface area (Å²) in [5.41, 5.74) is 0.899. The maximum absolute atomic E-state index is 13.1. The SMILES string of the molecule is COc1cc([C@H]2C(=C(O)c3ccc(Cl)cc3)C(=O)C(=O)N2CCN(C)C)cc(OC)c1OC. The van der Waals surface area contributed by atoms with E-state index in [9.17, 15) is 14.7 Å². The summed E-state index contributed by atoms with van der Waals surface area (Å²) in [6.45, 7) is 0.797. The Hall–Kier alpha value is -3.23. The molecule has 1 aliphatic heterocycles. The lowest BCUT2D eigenvalue weighted by Crippen LogP contribution is -2.35. The minimum atomic E-state index is -0.852. The van der Waals surface area contributed by atoms with Crippen molar-refractivity contribution in [3.8, 4) is 17.2 Å². The van der Waals surface area contributed by atoms with Gasteiger partial charge in [-0.25, -0.2) is 0 Å². The van der Waals surface area contributed by atoms with Gasteiger partial charge in [0, 0.05) is 23.7 Å². The normalized spacial score (nSPS) is 17.5. The number of carbonyl (C=O) groups is 2. The fraction of sp³-hybridized carbons (Fsp3) is 0.333. The van der Waals surface area contributed by atoms with E-state index in [1.54, 1.807) is 36.4 Å². The third-order valence-electron chi connectivity index (χ3n) is 5.45. The van der Waals surface area contributed by atoms with Crippen LogP contribution < -0.4 is 14.2 Å². The maximum Gasteiger partial charge on any atom is 0.295 e. The second kappa shape index (κ2) is 10.1. The fourth-order valence-electron chi connectivity index (χ4n) is 3.79. The van der Waals surface area contributed by atoms with Crippen LogP contribution in [0, 0.1) is 0 Å². The second-order valence-electron chi connectivity index (χ2n) is 7.76. The van der Waals surface area contributed by atoms with Crippen molar-refractivity contribution in [2.45, 2.75) is 6.04 Å². The molecule has 9 heteroatoms. The van der Waals surface area contributed by atoms with E-state index in [2.05, 4.69) is 0 Å². The van der Waals surface area contributed by atoms with Crippen molar-refractivity contribution in [2.75, 3.05) is 48.5 Å². The molecule has 176 valence electrons. The van der Waals surface area contributed by atoms with E-state index in [1.807, 2.05) is 19.0 Å². The van der Waals surface area contributed by atoms with Crippen LogP contribution in [-0.2, 0) is 9.59 Å². The molecular formula is C24H27ClN2O6. The van der Waals surface area contributed by atoms with Gasteiger partial charge in [-0.15, -0.1) is 0 Å². The van der Waals surface area contributed by atoms with Crippen LogP contribution in [-0.4, -0.2) is 75.1 Å². The Balaban J connectivity index is 2.25. The van der Waals surface area contributed by atoms with Gasteiger partial charge >= 0.3 is 0 Å². The van der Waals surface area contributed by atoms with Gasteiger partial charge in [0.25, 0.3) is 11.7 Å². The highest BCUT2D eigenvalue weighted by atomic mass is 35.5. The van der Waals surface area contributed by atoms with Crippen molar-refractivity contribution < 1.29 is 28.9 Å². The standard InChI is InChI=1S/C24H27ClN2O6/c1-26(2)10-11-27-20(15-12-17(31-3)23(33-5)18(13-15)32-4)19(22(29)24(27)30)21(28)14-6-8-16(25)9-7-14/h6-9,12-13,20,28H,10-11H2,1-5H3/t20-/m0/s1. The van der Waals surface area contributed by atoms with E-state index < -0.39 is 17.7 Å². The van der Waals surface area contributed by atoms with Crippen LogP contribution in [0.4, 0.5) is 0 Å². The number of benzene rings is 2. The molecule has 2 aromatic rings. The molecule has 0 aromatic heterocycles. The topological polar surface area (TPSA) is 88.5 Å². The molecule has 0 aliphatic carbocycles. The molecule has 1 heterocycles. The lowest BCUT2D eigenvalue weighted by atomic mass is 9.94. The molecule has 0 spiro atoms. The van der Waals surface area contributed by atoms with E-state index in [0.29, 0.717) is 39.9 Å². The summed E-state index contributed by atoms with van der Waals surface area (Å²) >= 11 is 5.97. The first-order valence-electron chi connectivity index (χ1n) is 10.2. The van der Waals surface area contributed by atoms with Crippen LogP contribution in [0.3, 0.4) is 0 Å². The van der Waals surface area contributed by atoms with Crippen molar-refractivity contribution in [2.24, 2.45) is 0 Å². The van der Waals surface area contributed by atoms with Gasteiger partial charge in [0.2, 0.25) is 5.75 Å². The molecule has 1 N–H and O–H groups in total. The maximum atomic E-state index is 13.1. The van der Waals surface area contributed by atoms with Crippen molar-refractivity contribution in [3.05, 3.63) is 58.1 Å². The average molecular weight is 475 g/mol. The number of hydrogen-bond acceptors (Lipinski definition) is 7. The molecule has 0 unspecified atom stereocenters. The van der Waals surface area contributed by atoms with E-state index in [4.69, 9.17) is 25.8 Å². The first kappa shape index (κ1) is 24.4. The number of likely N-dealkylation sites (N-methyl/N-ethyl adjacent to an activating group) is 1. The van der Waals surface area contributed by atoms with Crippen LogP contribution >= 0.6 is 11.6 Å². The Morgan fingerprint density at radius 3 is 2.09 bits per heavy atom. The van der Waals surface area contributed by atoms with E-state index >= 15 is 0 Å². The molecule has 1 saturated heterocycles. The Bertz CT molecular complexity index is 1060. The Morgan fingerprint density at radius 2 is 1.61 bits per heavy atom. The van der Waals surface area contributed by atoms with E-state index in [1.165, 1.54) is 26.2 Å². The number of ketones is 1. The molecule has 0 saturated carbocycles. The fourth-order valence-corrected chi connectivity index (χ4v) is 3.91. The number of rotatable bonds is 8. The summed E-state index contributed by atoms with van der Waals surface area (Å²) in [7, 11) is 8.21. The number of ether oxygens (including phenoxy) is 3. The monoisotopic (exact) mass is 474 g/mol. The first-order valence-corrected chi connectivity index (χ1v) is 10.6. The molecule has 33 heavy (non-hydrogen) atoms. The number of nitrogens with zero attached hydrogens (tertiary/aromatic N) is 2. The van der Waals surface area contributed by atoms with Crippen LogP contribution in [0.1, 0.15) is 17.2 Å². The zero-order valence-corrected chi connectivity index (χ0v) is 20.0. The molecule has 1 aliphatic rings. The Labute approximate surface area is 197 Å². The van der Waals surface area contributed by atoms with Gasteiger partial charge in [0.1, 0.15) is 5.76 Å². The summed E-state index contributed by atoms with van der Waals surface area (Å²) in [6, 6.07) is 8.90. The number of amides is 1. The quantitative estimate of drug-likeness (QED) is 0.356. The number of Topliss-reactive ketones (excluding diaryl/α,β-unsaturated/α-hetero) is 1. The smallest absolute Gasteiger partial charge is 0.295 e. The van der Waals surface area contributed by atoms with Crippen molar-refractivity contribution in [1.29, 1.82) is 0 Å². The van der Waals surface area contributed by atoms with Crippen molar-refractivity contribution >= 4 is 29.1 Å². The molecule has 8 nitrogen and oxygen atoms in total. The average Bonchev–Trinajstić information content (AvgIpc) is 3.06. The number of hydrogen-bond donors (Lipinski definition) is 1. The summed E-state index contributed by atoms with van der Waals surface area (Å²) in [5, 5.41) is 11.6. The number of halogens is 1. The van der Waals surface area contributed by atoms with Gasteiger partial charge in [0.05, 0.1) is 32.9 Å². The van der Waals surface area contributed by atoms with E-state index in [-0.39, 0.29) is 17.9 Å². The summed E-state index contributed by atoms with van der Waals surface area (Å²) in [4.78, 5) is 29.5. The van der Waals surface area contributed by atoms with Crippen LogP contribution in [0.5, 0.6) is 17.2 Å².